The van der Waals surface area contributed by atoms with Crippen LogP contribution >= 0.6 is 12.4 Å². The van der Waals surface area contributed by atoms with Crippen molar-refractivity contribution in [3.8, 4) is 0 Å². The SMILES string of the molecule is C[C@H](N)C(=O)N1CCCN(C(=O)c2ccccc2)CC1.Cl. The molecule has 0 bridgehead atoms. The number of nitrogens with two attached hydrogens (primary N) is 1. The van der Waals surface area contributed by atoms with E-state index >= 15 is 0 Å². The van der Waals surface area contributed by atoms with E-state index in [4.69, 9.17) is 5.73 Å². The van der Waals surface area contributed by atoms with Gasteiger partial charge in [-0.1, -0.05) is 18.2 Å². The maximum absolute atomic E-state index is 12.4. The minimum Gasteiger partial charge on any atom is -0.340 e. The Morgan fingerprint density at radius 1 is 1.05 bits per heavy atom. The summed E-state index contributed by atoms with van der Waals surface area (Å²) < 4.78 is 0. The maximum Gasteiger partial charge on any atom is 0.253 e. The largest absolute Gasteiger partial charge is 0.340 e. The van der Waals surface area contributed by atoms with Crippen molar-refractivity contribution < 1.29 is 9.59 Å². The molecule has 2 N–H and O–H groups in total. The third-order valence-electron chi connectivity index (χ3n) is 3.51. The van der Waals surface area contributed by atoms with Crippen LogP contribution in [0.3, 0.4) is 0 Å². The van der Waals surface area contributed by atoms with Gasteiger partial charge in [0.05, 0.1) is 6.04 Å². The van der Waals surface area contributed by atoms with Crippen molar-refractivity contribution in [3.63, 3.8) is 0 Å². The van der Waals surface area contributed by atoms with Crippen LogP contribution < -0.4 is 5.73 Å². The van der Waals surface area contributed by atoms with Crippen LogP contribution in [0.5, 0.6) is 0 Å². The summed E-state index contributed by atoms with van der Waals surface area (Å²) in [5.41, 5.74) is 6.33. The zero-order chi connectivity index (χ0) is 14.5. The van der Waals surface area contributed by atoms with Crippen molar-refractivity contribution in [2.75, 3.05) is 26.2 Å². The van der Waals surface area contributed by atoms with Crippen LogP contribution in [0, 0.1) is 0 Å². The van der Waals surface area contributed by atoms with Crippen molar-refractivity contribution in [1.29, 1.82) is 0 Å². The molecular weight excluding hydrogens is 290 g/mol. The van der Waals surface area contributed by atoms with Gasteiger partial charge in [0, 0.05) is 31.7 Å². The second-order valence-corrected chi connectivity index (χ2v) is 5.13. The number of hydrogen-bond donors (Lipinski definition) is 1. The quantitative estimate of drug-likeness (QED) is 0.890. The summed E-state index contributed by atoms with van der Waals surface area (Å²) in [6.07, 6.45) is 0.789. The van der Waals surface area contributed by atoms with E-state index in [1.54, 1.807) is 11.8 Å². The molecule has 0 radical (unpaired) electrons. The molecule has 1 fully saturated rings. The van der Waals surface area contributed by atoms with Crippen LogP contribution in [0.4, 0.5) is 0 Å². The summed E-state index contributed by atoms with van der Waals surface area (Å²) >= 11 is 0. The molecule has 1 aliphatic rings. The Morgan fingerprint density at radius 3 is 2.24 bits per heavy atom. The molecule has 2 amide bonds. The third-order valence-corrected chi connectivity index (χ3v) is 3.51. The predicted molar refractivity (Wildman–Crippen MR) is 84.4 cm³/mol. The van der Waals surface area contributed by atoms with Crippen LogP contribution in [0.15, 0.2) is 30.3 Å². The number of amides is 2. The summed E-state index contributed by atoms with van der Waals surface area (Å²) in [6, 6.07) is 8.76. The highest BCUT2D eigenvalue weighted by Crippen LogP contribution is 2.09. The Balaban J connectivity index is 0.00000220. The fourth-order valence-corrected chi connectivity index (χ4v) is 2.39. The smallest absolute Gasteiger partial charge is 0.253 e. The van der Waals surface area contributed by atoms with Crippen molar-refractivity contribution in [1.82, 2.24) is 9.80 Å². The van der Waals surface area contributed by atoms with E-state index in [9.17, 15) is 9.59 Å². The van der Waals surface area contributed by atoms with E-state index in [1.807, 2.05) is 35.2 Å². The summed E-state index contributed by atoms with van der Waals surface area (Å²) in [5.74, 6) is -0.0142. The molecule has 1 saturated heterocycles. The Bertz CT molecular complexity index is 479. The van der Waals surface area contributed by atoms with Crippen molar-refractivity contribution in [2.45, 2.75) is 19.4 Å². The Kier molecular flexibility index (Phi) is 6.65. The molecular formula is C15H22ClN3O2. The molecule has 0 aromatic heterocycles. The third kappa shape index (κ3) is 4.44. The first-order chi connectivity index (χ1) is 9.59. The normalized spacial score (nSPS) is 16.7. The zero-order valence-electron chi connectivity index (χ0n) is 12.2. The summed E-state index contributed by atoms with van der Waals surface area (Å²) in [4.78, 5) is 27.8. The number of carbonyl (C=O) groups excluding carboxylic acids is 2. The molecule has 0 aliphatic carbocycles. The van der Waals surface area contributed by atoms with E-state index in [1.165, 1.54) is 0 Å². The number of rotatable bonds is 2. The highest BCUT2D eigenvalue weighted by Gasteiger charge is 2.23. The fraction of sp³-hybridized carbons (Fsp3) is 0.467. The lowest BCUT2D eigenvalue weighted by atomic mass is 10.2. The van der Waals surface area contributed by atoms with Gasteiger partial charge < -0.3 is 15.5 Å². The number of carbonyl (C=O) groups is 2. The van der Waals surface area contributed by atoms with E-state index < -0.39 is 6.04 Å². The van der Waals surface area contributed by atoms with Crippen LogP contribution in [-0.4, -0.2) is 53.8 Å². The van der Waals surface area contributed by atoms with Gasteiger partial charge in [-0.3, -0.25) is 9.59 Å². The lowest BCUT2D eigenvalue weighted by Crippen LogP contribution is -2.44. The van der Waals surface area contributed by atoms with Gasteiger partial charge >= 0.3 is 0 Å². The van der Waals surface area contributed by atoms with Gasteiger partial charge in [-0.25, -0.2) is 0 Å². The molecule has 0 spiro atoms. The maximum atomic E-state index is 12.4. The molecule has 6 heteroatoms. The Labute approximate surface area is 131 Å². The monoisotopic (exact) mass is 311 g/mol. The molecule has 1 atom stereocenters. The first-order valence-corrected chi connectivity index (χ1v) is 6.98. The number of benzene rings is 1. The lowest BCUT2D eigenvalue weighted by Gasteiger charge is -2.23. The summed E-state index contributed by atoms with van der Waals surface area (Å²) in [7, 11) is 0. The van der Waals surface area contributed by atoms with Crippen LogP contribution in [0.1, 0.15) is 23.7 Å². The number of hydrogen-bond acceptors (Lipinski definition) is 3. The molecule has 5 nitrogen and oxygen atoms in total. The standard InChI is InChI=1S/C15H21N3O2.ClH/c1-12(16)14(19)17-8-5-9-18(11-10-17)15(20)13-6-3-2-4-7-13;/h2-4,6-7,12H,5,8-11,16H2,1H3;1H/t12-;/m0./s1. The molecule has 21 heavy (non-hydrogen) atoms. The second kappa shape index (κ2) is 8.00. The van der Waals surface area contributed by atoms with Crippen LogP contribution in [0.25, 0.3) is 0 Å². The molecule has 1 aromatic carbocycles. The Morgan fingerprint density at radius 2 is 1.62 bits per heavy atom. The molecule has 1 aliphatic heterocycles. The Hall–Kier alpha value is -1.59. The summed E-state index contributed by atoms with van der Waals surface area (Å²) in [6.45, 7) is 4.15. The topological polar surface area (TPSA) is 66.6 Å². The molecule has 1 heterocycles. The van der Waals surface area contributed by atoms with Crippen LogP contribution in [-0.2, 0) is 4.79 Å². The fourth-order valence-electron chi connectivity index (χ4n) is 2.39. The predicted octanol–water partition coefficient (Wildman–Crippen LogP) is 1.13. The van der Waals surface area contributed by atoms with Crippen molar-refractivity contribution in [2.24, 2.45) is 5.73 Å². The van der Waals surface area contributed by atoms with Crippen molar-refractivity contribution in [3.05, 3.63) is 35.9 Å². The lowest BCUT2D eigenvalue weighted by molar-refractivity contribution is -0.132. The van der Waals surface area contributed by atoms with Gasteiger partial charge in [-0.2, -0.15) is 0 Å². The molecule has 116 valence electrons. The zero-order valence-corrected chi connectivity index (χ0v) is 13.0. The van der Waals surface area contributed by atoms with Gasteiger partial charge in [-0.05, 0) is 25.5 Å². The highest BCUT2D eigenvalue weighted by atomic mass is 35.5. The molecule has 2 rings (SSSR count). The van der Waals surface area contributed by atoms with Crippen molar-refractivity contribution >= 4 is 24.2 Å². The van der Waals surface area contributed by atoms with E-state index in [-0.39, 0.29) is 24.2 Å². The minimum atomic E-state index is -0.480. The molecule has 1 aromatic rings. The average molecular weight is 312 g/mol. The van der Waals surface area contributed by atoms with E-state index in [2.05, 4.69) is 0 Å². The molecule has 0 unspecified atom stereocenters. The highest BCUT2D eigenvalue weighted by molar-refractivity contribution is 5.94. The minimum absolute atomic E-state index is 0. The number of nitrogens with zero attached hydrogens (tertiary/aromatic N) is 2. The second-order valence-electron chi connectivity index (χ2n) is 5.13. The van der Waals surface area contributed by atoms with E-state index in [0.29, 0.717) is 31.7 Å². The van der Waals surface area contributed by atoms with Gasteiger partial charge in [0.15, 0.2) is 0 Å². The first kappa shape index (κ1) is 17.5. The average Bonchev–Trinajstić information content (AvgIpc) is 2.72. The first-order valence-electron chi connectivity index (χ1n) is 6.98. The summed E-state index contributed by atoms with van der Waals surface area (Å²) in [5, 5.41) is 0. The van der Waals surface area contributed by atoms with Gasteiger partial charge in [0.1, 0.15) is 0 Å². The van der Waals surface area contributed by atoms with Crippen LogP contribution in [0.2, 0.25) is 0 Å². The van der Waals surface area contributed by atoms with Gasteiger partial charge in [-0.15, -0.1) is 12.4 Å². The van der Waals surface area contributed by atoms with Gasteiger partial charge in [0.25, 0.3) is 5.91 Å². The van der Waals surface area contributed by atoms with Gasteiger partial charge in [0.2, 0.25) is 5.91 Å². The van der Waals surface area contributed by atoms with E-state index in [0.717, 1.165) is 6.42 Å². The number of halogens is 1. The molecule has 0 saturated carbocycles.